The second-order valence-electron chi connectivity index (χ2n) is 7.89. The van der Waals surface area contributed by atoms with E-state index < -0.39 is 0 Å². The van der Waals surface area contributed by atoms with Gasteiger partial charge >= 0.3 is 0 Å². The number of benzene rings is 2. The number of aromatic amines is 2. The molecule has 0 bridgehead atoms. The molecular weight excluding hydrogens is 430 g/mol. The zero-order valence-electron chi connectivity index (χ0n) is 18.5. The maximum atomic E-state index is 12.5. The summed E-state index contributed by atoms with van der Waals surface area (Å²) in [6, 6.07) is 17.4. The van der Waals surface area contributed by atoms with Gasteiger partial charge in [0.05, 0.1) is 12.8 Å². The fourth-order valence-corrected chi connectivity index (χ4v) is 3.71. The standard InChI is InChI=1S/C25H23N7O2/c1-32(10-11-33)25(34)22-12-17-2-3-18(13-21(17)30-22)24-26-9-8-23(31-24)29-20-6-4-16(5-7-20)19-14-27-28-15-19/h2-9,12-15,30,33H,10-11H2,1H3,(H,27,28)(H,26,29,31). The average Bonchev–Trinajstić information content (AvgIpc) is 3.54. The van der Waals surface area contributed by atoms with Crippen LogP contribution in [0.5, 0.6) is 0 Å². The van der Waals surface area contributed by atoms with Crippen molar-refractivity contribution in [3.63, 3.8) is 0 Å². The number of amides is 1. The number of hydrogen-bond donors (Lipinski definition) is 4. The Morgan fingerprint density at radius 1 is 1.06 bits per heavy atom. The maximum Gasteiger partial charge on any atom is 0.270 e. The SMILES string of the molecule is CN(CCO)C(=O)c1cc2ccc(-c3nccc(Nc4ccc(-c5cn[nH]c5)cc4)n3)cc2[nH]1. The molecule has 0 radical (unpaired) electrons. The minimum absolute atomic E-state index is 0.0805. The van der Waals surface area contributed by atoms with Crippen LogP contribution in [0, 0.1) is 0 Å². The molecule has 0 unspecified atom stereocenters. The number of H-pyrrole nitrogens is 2. The largest absolute Gasteiger partial charge is 0.395 e. The van der Waals surface area contributed by atoms with Crippen LogP contribution >= 0.6 is 0 Å². The molecule has 0 aliphatic rings. The van der Waals surface area contributed by atoms with Crippen LogP contribution < -0.4 is 5.32 Å². The lowest BCUT2D eigenvalue weighted by molar-refractivity contribution is 0.0762. The molecule has 4 N–H and O–H groups in total. The lowest BCUT2D eigenvalue weighted by Crippen LogP contribution is -2.29. The van der Waals surface area contributed by atoms with Crippen molar-refractivity contribution in [1.29, 1.82) is 0 Å². The van der Waals surface area contributed by atoms with Gasteiger partial charge in [0.15, 0.2) is 5.82 Å². The summed E-state index contributed by atoms with van der Waals surface area (Å²) >= 11 is 0. The number of nitrogens with zero attached hydrogens (tertiary/aromatic N) is 4. The van der Waals surface area contributed by atoms with Gasteiger partial charge in [0.2, 0.25) is 0 Å². The molecule has 0 spiro atoms. The van der Waals surface area contributed by atoms with Gasteiger partial charge in [-0.25, -0.2) is 9.97 Å². The fraction of sp³-hybridized carbons (Fsp3) is 0.120. The van der Waals surface area contributed by atoms with Gasteiger partial charge in [-0.3, -0.25) is 9.89 Å². The van der Waals surface area contributed by atoms with E-state index in [4.69, 9.17) is 5.11 Å². The minimum atomic E-state index is -0.173. The van der Waals surface area contributed by atoms with Crippen molar-refractivity contribution in [2.75, 3.05) is 25.5 Å². The lowest BCUT2D eigenvalue weighted by Gasteiger charge is -2.13. The van der Waals surface area contributed by atoms with Crippen molar-refractivity contribution in [3.8, 4) is 22.5 Å². The predicted octanol–water partition coefficient (Wildman–Crippen LogP) is 3.82. The predicted molar refractivity (Wildman–Crippen MR) is 131 cm³/mol. The van der Waals surface area contributed by atoms with Crippen LogP contribution in [0.2, 0.25) is 0 Å². The molecule has 5 rings (SSSR count). The summed E-state index contributed by atoms with van der Waals surface area (Å²) in [5.74, 6) is 1.07. The highest BCUT2D eigenvalue weighted by Gasteiger charge is 2.15. The van der Waals surface area contributed by atoms with Gasteiger partial charge in [-0.05, 0) is 35.9 Å². The van der Waals surface area contributed by atoms with Crippen molar-refractivity contribution in [2.24, 2.45) is 0 Å². The number of carbonyl (C=O) groups excluding carboxylic acids is 1. The van der Waals surface area contributed by atoms with E-state index in [0.29, 0.717) is 17.3 Å². The van der Waals surface area contributed by atoms with Crippen molar-refractivity contribution >= 4 is 28.3 Å². The highest BCUT2D eigenvalue weighted by molar-refractivity contribution is 5.98. The first-order valence-electron chi connectivity index (χ1n) is 10.8. The van der Waals surface area contributed by atoms with Gasteiger partial charge in [-0.15, -0.1) is 0 Å². The van der Waals surface area contributed by atoms with Gasteiger partial charge in [0.25, 0.3) is 5.91 Å². The number of carbonyl (C=O) groups is 1. The number of aliphatic hydroxyl groups excluding tert-OH is 1. The summed E-state index contributed by atoms with van der Waals surface area (Å²) in [4.78, 5) is 26.2. The van der Waals surface area contributed by atoms with Crippen LogP contribution in [0.3, 0.4) is 0 Å². The van der Waals surface area contributed by atoms with Crippen LogP contribution in [-0.2, 0) is 0 Å². The molecule has 5 aromatic rings. The highest BCUT2D eigenvalue weighted by atomic mass is 16.3. The molecule has 0 aliphatic heterocycles. The molecule has 34 heavy (non-hydrogen) atoms. The molecule has 1 amide bonds. The molecule has 2 aromatic carbocycles. The molecule has 0 saturated heterocycles. The Bertz CT molecular complexity index is 1430. The van der Waals surface area contributed by atoms with E-state index in [0.717, 1.165) is 33.3 Å². The van der Waals surface area contributed by atoms with Gasteiger partial charge in [0, 0.05) is 53.7 Å². The first-order chi connectivity index (χ1) is 16.6. The molecule has 0 saturated carbocycles. The molecule has 170 valence electrons. The van der Waals surface area contributed by atoms with Crippen molar-refractivity contribution in [3.05, 3.63) is 78.9 Å². The molecular formula is C25H23N7O2. The van der Waals surface area contributed by atoms with E-state index in [1.807, 2.05) is 54.7 Å². The highest BCUT2D eigenvalue weighted by Crippen LogP contribution is 2.25. The third-order valence-electron chi connectivity index (χ3n) is 5.54. The Kier molecular flexibility index (Phi) is 5.75. The number of nitrogens with one attached hydrogen (secondary N) is 3. The summed E-state index contributed by atoms with van der Waals surface area (Å²) < 4.78 is 0. The second kappa shape index (κ2) is 9.16. The van der Waals surface area contributed by atoms with Crippen molar-refractivity contribution in [2.45, 2.75) is 0 Å². The van der Waals surface area contributed by atoms with Gasteiger partial charge in [0.1, 0.15) is 11.5 Å². The van der Waals surface area contributed by atoms with Crippen LogP contribution in [0.15, 0.2) is 73.2 Å². The van der Waals surface area contributed by atoms with E-state index in [-0.39, 0.29) is 19.1 Å². The molecule has 9 heteroatoms. The maximum absolute atomic E-state index is 12.5. The number of aromatic nitrogens is 5. The van der Waals surface area contributed by atoms with E-state index in [1.165, 1.54) is 4.90 Å². The van der Waals surface area contributed by atoms with Crippen LogP contribution in [-0.4, -0.2) is 61.3 Å². The first-order valence-corrected chi connectivity index (χ1v) is 10.8. The molecule has 9 nitrogen and oxygen atoms in total. The van der Waals surface area contributed by atoms with E-state index in [2.05, 4.69) is 30.5 Å². The van der Waals surface area contributed by atoms with Crippen molar-refractivity contribution in [1.82, 2.24) is 30.0 Å². The Morgan fingerprint density at radius 3 is 2.65 bits per heavy atom. The van der Waals surface area contributed by atoms with E-state index >= 15 is 0 Å². The number of fused-ring (bicyclic) bond motifs is 1. The summed E-state index contributed by atoms with van der Waals surface area (Å²) in [7, 11) is 1.66. The smallest absolute Gasteiger partial charge is 0.270 e. The zero-order chi connectivity index (χ0) is 23.5. The van der Waals surface area contributed by atoms with Crippen LogP contribution in [0.25, 0.3) is 33.4 Å². The summed E-state index contributed by atoms with van der Waals surface area (Å²) in [5, 5.41) is 20.1. The Hall–Kier alpha value is -4.50. The summed E-state index contributed by atoms with van der Waals surface area (Å²) in [5.41, 5.74) is 5.12. The summed E-state index contributed by atoms with van der Waals surface area (Å²) in [6.45, 7) is 0.196. The number of likely N-dealkylation sites (N-methyl/N-ethyl adjacent to an activating group) is 1. The van der Waals surface area contributed by atoms with Gasteiger partial charge < -0.3 is 20.3 Å². The quantitative estimate of drug-likeness (QED) is 0.297. The number of anilines is 2. The molecule has 3 heterocycles. The fourth-order valence-electron chi connectivity index (χ4n) is 3.71. The monoisotopic (exact) mass is 453 g/mol. The van der Waals surface area contributed by atoms with Crippen LogP contribution in [0.4, 0.5) is 11.5 Å². The second-order valence-corrected chi connectivity index (χ2v) is 7.89. The summed E-state index contributed by atoms with van der Waals surface area (Å²) in [6.07, 6.45) is 5.35. The zero-order valence-corrected chi connectivity index (χ0v) is 18.5. The topological polar surface area (TPSA) is 123 Å². The third-order valence-corrected chi connectivity index (χ3v) is 5.54. The van der Waals surface area contributed by atoms with Crippen molar-refractivity contribution < 1.29 is 9.90 Å². The van der Waals surface area contributed by atoms with E-state index in [1.54, 1.807) is 25.5 Å². The average molecular weight is 454 g/mol. The Balaban J connectivity index is 1.36. The Morgan fingerprint density at radius 2 is 1.88 bits per heavy atom. The van der Waals surface area contributed by atoms with E-state index in [9.17, 15) is 4.79 Å². The number of hydrogen-bond acceptors (Lipinski definition) is 6. The molecule has 3 aromatic heterocycles. The molecule has 0 fully saturated rings. The molecule has 0 aliphatic carbocycles. The van der Waals surface area contributed by atoms with Gasteiger partial charge in [-0.1, -0.05) is 24.3 Å². The lowest BCUT2D eigenvalue weighted by atomic mass is 10.1. The first kappa shape index (κ1) is 21.4. The molecule has 0 atom stereocenters. The number of rotatable bonds is 7. The normalized spacial score (nSPS) is 11.0. The third kappa shape index (κ3) is 4.37. The number of aliphatic hydroxyl groups is 1. The minimum Gasteiger partial charge on any atom is -0.395 e. The van der Waals surface area contributed by atoms with Crippen LogP contribution in [0.1, 0.15) is 10.5 Å². The Labute approximate surface area is 195 Å². The van der Waals surface area contributed by atoms with Gasteiger partial charge in [-0.2, -0.15) is 5.10 Å².